The fraction of sp³-hybridized carbons (Fsp3) is 0.400. The van der Waals surface area contributed by atoms with Crippen molar-refractivity contribution in [2.45, 2.75) is 10.3 Å². The van der Waals surface area contributed by atoms with E-state index in [1.807, 2.05) is 6.07 Å². The standard InChI is InChI=1S/C10H11FINO/c1-14-8-3-2-7-9(10(8)11)6(12)4-5-13-7/h2-3,6,13H,4-5H2,1H3. The van der Waals surface area contributed by atoms with Gasteiger partial charge in [-0.1, -0.05) is 22.6 Å². The number of hydrogen-bond acceptors (Lipinski definition) is 2. The Morgan fingerprint density at radius 3 is 3.07 bits per heavy atom. The lowest BCUT2D eigenvalue weighted by atomic mass is 10.0. The van der Waals surface area contributed by atoms with Crippen molar-refractivity contribution < 1.29 is 9.13 Å². The average molecular weight is 307 g/mol. The summed E-state index contributed by atoms with van der Waals surface area (Å²) in [6.07, 6.45) is 0.956. The molecule has 1 atom stereocenters. The van der Waals surface area contributed by atoms with Crippen molar-refractivity contribution in [2.24, 2.45) is 0 Å². The predicted octanol–water partition coefficient (Wildman–Crippen LogP) is 3.13. The van der Waals surface area contributed by atoms with Gasteiger partial charge < -0.3 is 10.1 Å². The number of benzene rings is 1. The normalized spacial score (nSPS) is 19.8. The molecule has 1 aromatic carbocycles. The van der Waals surface area contributed by atoms with Crippen molar-refractivity contribution in [1.82, 2.24) is 0 Å². The maximum atomic E-state index is 13.8. The molecule has 0 spiro atoms. The van der Waals surface area contributed by atoms with Crippen molar-refractivity contribution >= 4 is 28.3 Å². The van der Waals surface area contributed by atoms with Crippen LogP contribution in [0.2, 0.25) is 0 Å². The maximum absolute atomic E-state index is 13.8. The Bertz CT molecular complexity index is 356. The van der Waals surface area contributed by atoms with Crippen LogP contribution in [0.1, 0.15) is 15.9 Å². The number of nitrogens with one attached hydrogen (secondary N) is 1. The SMILES string of the molecule is COc1ccc2c(c1F)C(I)CCN2. The molecule has 0 saturated carbocycles. The van der Waals surface area contributed by atoms with E-state index in [0.717, 1.165) is 24.2 Å². The first-order valence-corrected chi connectivity index (χ1v) is 5.73. The van der Waals surface area contributed by atoms with Crippen molar-refractivity contribution in [2.75, 3.05) is 19.0 Å². The molecule has 1 N–H and O–H groups in total. The average Bonchev–Trinajstić information content (AvgIpc) is 2.18. The van der Waals surface area contributed by atoms with Crippen LogP contribution in [0.25, 0.3) is 0 Å². The van der Waals surface area contributed by atoms with Gasteiger partial charge in [-0.3, -0.25) is 0 Å². The third-order valence-electron chi connectivity index (χ3n) is 2.39. The summed E-state index contributed by atoms with van der Waals surface area (Å²) in [6.45, 7) is 0.909. The number of alkyl halides is 1. The summed E-state index contributed by atoms with van der Waals surface area (Å²) < 4.78 is 19.0. The largest absolute Gasteiger partial charge is 0.494 e. The van der Waals surface area contributed by atoms with E-state index in [9.17, 15) is 4.39 Å². The summed E-state index contributed by atoms with van der Waals surface area (Å²) in [7, 11) is 1.49. The molecule has 0 radical (unpaired) electrons. The topological polar surface area (TPSA) is 21.3 Å². The van der Waals surface area contributed by atoms with Gasteiger partial charge in [-0.25, -0.2) is 4.39 Å². The Morgan fingerprint density at radius 1 is 1.57 bits per heavy atom. The molecule has 1 heterocycles. The van der Waals surface area contributed by atoms with Crippen LogP contribution in [0.4, 0.5) is 10.1 Å². The minimum absolute atomic E-state index is 0.225. The Kier molecular flexibility index (Phi) is 2.80. The van der Waals surface area contributed by atoms with Gasteiger partial charge >= 0.3 is 0 Å². The van der Waals surface area contributed by atoms with Gasteiger partial charge in [-0.05, 0) is 18.6 Å². The predicted molar refractivity (Wildman–Crippen MR) is 62.8 cm³/mol. The Hall–Kier alpha value is -0.520. The molecule has 0 amide bonds. The Balaban J connectivity index is 2.54. The highest BCUT2D eigenvalue weighted by Crippen LogP contribution is 2.40. The van der Waals surface area contributed by atoms with Crippen LogP contribution in [0, 0.1) is 5.82 Å². The van der Waals surface area contributed by atoms with E-state index >= 15 is 0 Å². The molecule has 0 aromatic heterocycles. The molecule has 2 nitrogen and oxygen atoms in total. The number of methoxy groups -OCH3 is 1. The molecule has 76 valence electrons. The third-order valence-corrected chi connectivity index (χ3v) is 3.64. The monoisotopic (exact) mass is 307 g/mol. The minimum Gasteiger partial charge on any atom is -0.494 e. The number of fused-ring (bicyclic) bond motifs is 1. The Labute approximate surface area is 96.0 Å². The summed E-state index contributed by atoms with van der Waals surface area (Å²) >= 11 is 2.27. The van der Waals surface area contributed by atoms with E-state index in [4.69, 9.17) is 4.74 Å². The molecule has 2 rings (SSSR count). The summed E-state index contributed by atoms with van der Waals surface area (Å²) in [4.78, 5) is 0. The summed E-state index contributed by atoms with van der Waals surface area (Å²) in [5.41, 5.74) is 1.64. The second kappa shape index (κ2) is 3.92. The summed E-state index contributed by atoms with van der Waals surface area (Å²) in [5, 5.41) is 3.18. The van der Waals surface area contributed by atoms with Crippen molar-refractivity contribution in [3.8, 4) is 5.75 Å². The third kappa shape index (κ3) is 1.55. The van der Waals surface area contributed by atoms with E-state index in [1.54, 1.807) is 6.07 Å². The van der Waals surface area contributed by atoms with Crippen LogP contribution in [0.15, 0.2) is 12.1 Å². The number of halogens is 2. The van der Waals surface area contributed by atoms with Crippen molar-refractivity contribution in [3.63, 3.8) is 0 Å². The molecule has 0 aliphatic carbocycles. The molecular formula is C10H11FINO. The molecule has 14 heavy (non-hydrogen) atoms. The fourth-order valence-electron chi connectivity index (χ4n) is 1.67. The highest BCUT2D eigenvalue weighted by atomic mass is 127. The van der Waals surface area contributed by atoms with E-state index in [1.165, 1.54) is 7.11 Å². The molecule has 0 fully saturated rings. The first-order valence-electron chi connectivity index (χ1n) is 4.48. The zero-order valence-corrected chi connectivity index (χ0v) is 9.97. The van der Waals surface area contributed by atoms with Gasteiger partial charge in [0.2, 0.25) is 0 Å². The number of hydrogen-bond donors (Lipinski definition) is 1. The van der Waals surface area contributed by atoms with Crippen LogP contribution >= 0.6 is 22.6 Å². The zero-order chi connectivity index (χ0) is 10.1. The lowest BCUT2D eigenvalue weighted by molar-refractivity contribution is 0.384. The van der Waals surface area contributed by atoms with Gasteiger partial charge in [-0.2, -0.15) is 0 Å². The summed E-state index contributed by atoms with van der Waals surface area (Å²) in [5.74, 6) is 0.103. The van der Waals surface area contributed by atoms with Gasteiger partial charge in [0.05, 0.1) is 7.11 Å². The zero-order valence-electron chi connectivity index (χ0n) is 7.81. The number of ether oxygens (including phenoxy) is 1. The van der Waals surface area contributed by atoms with Crippen molar-refractivity contribution in [3.05, 3.63) is 23.5 Å². The lowest BCUT2D eigenvalue weighted by Crippen LogP contribution is -2.15. The minimum atomic E-state index is -0.225. The van der Waals surface area contributed by atoms with Crippen molar-refractivity contribution in [1.29, 1.82) is 0 Å². The van der Waals surface area contributed by atoms with Gasteiger partial charge in [0.25, 0.3) is 0 Å². The second-order valence-corrected chi connectivity index (χ2v) is 4.73. The molecule has 0 saturated heterocycles. The molecule has 1 aliphatic heterocycles. The van der Waals surface area contributed by atoms with Gasteiger partial charge in [0.1, 0.15) is 0 Å². The van der Waals surface area contributed by atoms with E-state index < -0.39 is 0 Å². The number of rotatable bonds is 1. The van der Waals surface area contributed by atoms with Gasteiger partial charge in [-0.15, -0.1) is 0 Å². The van der Waals surface area contributed by atoms with Crippen LogP contribution < -0.4 is 10.1 Å². The smallest absolute Gasteiger partial charge is 0.171 e. The van der Waals surface area contributed by atoms with E-state index in [2.05, 4.69) is 27.9 Å². The molecular weight excluding hydrogens is 296 g/mol. The number of anilines is 1. The highest BCUT2D eigenvalue weighted by molar-refractivity contribution is 14.1. The fourth-order valence-corrected chi connectivity index (χ4v) is 2.59. The molecule has 1 unspecified atom stereocenters. The van der Waals surface area contributed by atoms with E-state index in [-0.39, 0.29) is 9.74 Å². The molecule has 4 heteroatoms. The first-order chi connectivity index (χ1) is 6.74. The van der Waals surface area contributed by atoms with Crippen LogP contribution in [-0.4, -0.2) is 13.7 Å². The van der Waals surface area contributed by atoms with E-state index in [0.29, 0.717) is 5.75 Å². The van der Waals surface area contributed by atoms with Gasteiger partial charge in [0, 0.05) is 21.7 Å². The lowest BCUT2D eigenvalue weighted by Gasteiger charge is -2.23. The Morgan fingerprint density at radius 2 is 2.36 bits per heavy atom. The second-order valence-electron chi connectivity index (χ2n) is 3.23. The highest BCUT2D eigenvalue weighted by Gasteiger charge is 2.23. The molecule has 1 aromatic rings. The van der Waals surface area contributed by atoms with Crippen LogP contribution in [-0.2, 0) is 0 Å². The van der Waals surface area contributed by atoms with Crippen LogP contribution in [0.5, 0.6) is 5.75 Å². The quantitative estimate of drug-likeness (QED) is 0.636. The molecule has 0 bridgehead atoms. The maximum Gasteiger partial charge on any atom is 0.171 e. The van der Waals surface area contributed by atoms with Crippen LogP contribution in [0.3, 0.4) is 0 Å². The molecule has 1 aliphatic rings. The van der Waals surface area contributed by atoms with Gasteiger partial charge in [0.15, 0.2) is 11.6 Å². The summed E-state index contributed by atoms with van der Waals surface area (Å²) in [6, 6.07) is 3.54. The first kappa shape index (κ1) is 10.0.